The summed E-state index contributed by atoms with van der Waals surface area (Å²) in [7, 11) is 0. The van der Waals surface area contributed by atoms with Crippen LogP contribution < -0.4 is 4.90 Å². The molecule has 0 radical (unpaired) electrons. The molecular formula is C20H20N6S. The molecule has 0 spiro atoms. The second kappa shape index (κ2) is 6.35. The highest BCUT2D eigenvalue weighted by Crippen LogP contribution is 2.37. The third-order valence-electron chi connectivity index (χ3n) is 5.04. The Balaban J connectivity index is 1.54. The van der Waals surface area contributed by atoms with Crippen molar-refractivity contribution in [2.75, 3.05) is 18.0 Å². The molecule has 136 valence electrons. The summed E-state index contributed by atoms with van der Waals surface area (Å²) in [6.07, 6.45) is 4.32. The molecule has 0 amide bonds. The fourth-order valence-electron chi connectivity index (χ4n) is 3.69. The number of nitrogens with zero attached hydrogens (tertiary/aromatic N) is 5. The molecule has 0 bridgehead atoms. The Morgan fingerprint density at radius 3 is 2.78 bits per heavy atom. The monoisotopic (exact) mass is 376 g/mol. The van der Waals surface area contributed by atoms with Crippen LogP contribution in [0.5, 0.6) is 0 Å². The molecule has 0 atom stereocenters. The minimum Gasteiger partial charge on any atom is -0.363 e. The first-order valence-corrected chi connectivity index (χ1v) is 9.93. The molecule has 5 rings (SSSR count). The van der Waals surface area contributed by atoms with E-state index >= 15 is 0 Å². The van der Waals surface area contributed by atoms with Crippen LogP contribution >= 0.6 is 11.3 Å². The number of H-pyrrole nitrogens is 1. The van der Waals surface area contributed by atoms with Crippen molar-refractivity contribution < 1.29 is 0 Å². The number of anilines is 1. The number of fused-ring (bicyclic) bond motifs is 1. The van der Waals surface area contributed by atoms with Gasteiger partial charge in [-0.2, -0.15) is 0 Å². The molecule has 5 heterocycles. The zero-order valence-electron chi connectivity index (χ0n) is 15.1. The number of hydrogen-bond acceptors (Lipinski definition) is 5. The number of aromatic amines is 1. The number of hydrogen-bond donors (Lipinski definition) is 1. The Labute approximate surface area is 161 Å². The van der Waals surface area contributed by atoms with Gasteiger partial charge in [0.2, 0.25) is 5.82 Å². The molecule has 6 nitrogen and oxygen atoms in total. The van der Waals surface area contributed by atoms with Gasteiger partial charge in [-0.25, -0.2) is 4.52 Å². The number of thiophene rings is 1. The smallest absolute Gasteiger partial charge is 0.201 e. The Hall–Kier alpha value is -2.93. The fourth-order valence-corrected chi connectivity index (χ4v) is 4.72. The van der Waals surface area contributed by atoms with Crippen molar-refractivity contribution >= 4 is 27.6 Å². The Morgan fingerprint density at radius 2 is 2.00 bits per heavy atom. The van der Waals surface area contributed by atoms with Crippen LogP contribution in [0.3, 0.4) is 0 Å². The quantitative estimate of drug-likeness (QED) is 0.581. The maximum atomic E-state index is 4.42. The second-order valence-electron chi connectivity index (χ2n) is 6.82. The lowest BCUT2D eigenvalue weighted by Crippen LogP contribution is -2.15. The minimum atomic E-state index is 0.705. The first-order chi connectivity index (χ1) is 13.2. The number of nitrogens with one attached hydrogen (secondary N) is 1. The Kier molecular flexibility index (Phi) is 3.82. The Bertz CT molecular complexity index is 1110. The molecule has 1 aliphatic rings. The van der Waals surface area contributed by atoms with E-state index in [2.05, 4.69) is 43.9 Å². The largest absolute Gasteiger partial charge is 0.363 e. The van der Waals surface area contributed by atoms with Gasteiger partial charge < -0.3 is 4.90 Å². The van der Waals surface area contributed by atoms with Gasteiger partial charge in [0.1, 0.15) is 5.69 Å². The van der Waals surface area contributed by atoms with Gasteiger partial charge in [-0.3, -0.25) is 10.1 Å². The van der Waals surface area contributed by atoms with Crippen LogP contribution in [0.4, 0.5) is 5.00 Å². The summed E-state index contributed by atoms with van der Waals surface area (Å²) in [5.74, 6) is 0.705. The van der Waals surface area contributed by atoms with Crippen molar-refractivity contribution in [3.05, 3.63) is 59.2 Å². The van der Waals surface area contributed by atoms with Crippen LogP contribution in [0.2, 0.25) is 0 Å². The highest BCUT2D eigenvalue weighted by Gasteiger charge is 2.21. The number of rotatable bonds is 4. The van der Waals surface area contributed by atoms with E-state index in [1.807, 2.05) is 29.6 Å². The summed E-state index contributed by atoms with van der Waals surface area (Å²) in [6.45, 7) is 8.72. The van der Waals surface area contributed by atoms with Crippen molar-refractivity contribution in [1.82, 2.24) is 24.8 Å². The van der Waals surface area contributed by atoms with E-state index in [4.69, 9.17) is 0 Å². The maximum absolute atomic E-state index is 4.42. The summed E-state index contributed by atoms with van der Waals surface area (Å²) in [5.41, 5.74) is 4.59. The molecule has 7 heteroatoms. The number of pyridine rings is 1. The van der Waals surface area contributed by atoms with Crippen LogP contribution in [0, 0.1) is 6.92 Å². The molecule has 0 saturated carbocycles. The normalized spacial score (nSPS) is 14.3. The van der Waals surface area contributed by atoms with Crippen LogP contribution in [-0.4, -0.2) is 37.9 Å². The minimum absolute atomic E-state index is 0.705. The van der Waals surface area contributed by atoms with Gasteiger partial charge >= 0.3 is 0 Å². The van der Waals surface area contributed by atoms with Crippen molar-refractivity contribution in [3.63, 3.8) is 0 Å². The highest BCUT2D eigenvalue weighted by atomic mass is 32.1. The van der Waals surface area contributed by atoms with Crippen LogP contribution in [0.25, 0.3) is 22.7 Å². The molecule has 1 saturated heterocycles. The zero-order valence-corrected chi connectivity index (χ0v) is 16.0. The van der Waals surface area contributed by atoms with Crippen molar-refractivity contribution in [2.24, 2.45) is 0 Å². The van der Waals surface area contributed by atoms with Crippen LogP contribution in [-0.2, 0) is 0 Å². The van der Waals surface area contributed by atoms with Gasteiger partial charge in [0.05, 0.1) is 5.00 Å². The zero-order chi connectivity index (χ0) is 18.4. The maximum Gasteiger partial charge on any atom is 0.201 e. The van der Waals surface area contributed by atoms with Crippen LogP contribution in [0.15, 0.2) is 43.1 Å². The molecule has 4 aromatic rings. The summed E-state index contributed by atoms with van der Waals surface area (Å²) in [6, 6.07) is 10.1. The summed E-state index contributed by atoms with van der Waals surface area (Å²) in [5, 5.41) is 13.5. The van der Waals surface area contributed by atoms with E-state index in [0.29, 0.717) is 5.82 Å². The lowest BCUT2D eigenvalue weighted by atomic mass is 10.1. The predicted octanol–water partition coefficient (Wildman–Crippen LogP) is 4.15. The van der Waals surface area contributed by atoms with Gasteiger partial charge in [-0.05, 0) is 49.6 Å². The average Bonchev–Trinajstić information content (AvgIpc) is 3.45. The van der Waals surface area contributed by atoms with Crippen molar-refractivity contribution in [3.8, 4) is 11.5 Å². The first-order valence-electron chi connectivity index (χ1n) is 9.12. The van der Waals surface area contributed by atoms with E-state index in [9.17, 15) is 0 Å². The molecule has 4 aromatic heterocycles. The summed E-state index contributed by atoms with van der Waals surface area (Å²) < 4.78 is 1.90. The van der Waals surface area contributed by atoms with E-state index in [-0.39, 0.29) is 0 Å². The third kappa shape index (κ3) is 2.66. The number of aryl methyl sites for hydroxylation is 1. The van der Waals surface area contributed by atoms with Crippen LogP contribution in [0.1, 0.15) is 29.0 Å². The predicted molar refractivity (Wildman–Crippen MR) is 109 cm³/mol. The van der Waals surface area contributed by atoms with E-state index < -0.39 is 0 Å². The molecule has 0 aliphatic carbocycles. The Morgan fingerprint density at radius 1 is 1.15 bits per heavy atom. The lowest BCUT2D eigenvalue weighted by Gasteiger charge is -2.14. The summed E-state index contributed by atoms with van der Waals surface area (Å²) in [4.78, 5) is 8.02. The van der Waals surface area contributed by atoms with Gasteiger partial charge in [0.25, 0.3) is 0 Å². The van der Waals surface area contributed by atoms with E-state index in [1.54, 1.807) is 17.5 Å². The van der Waals surface area contributed by atoms with Gasteiger partial charge in [-0.1, -0.05) is 12.6 Å². The topological polar surface area (TPSA) is 62.1 Å². The SMILES string of the molecule is C=C(c1ccc(N2CCCC2)s1)c1c(C)[nH]n2c(-c3ccccn3)nnc12. The van der Waals surface area contributed by atoms with E-state index in [1.165, 1.54) is 22.7 Å². The van der Waals surface area contributed by atoms with Gasteiger partial charge in [0, 0.05) is 35.4 Å². The van der Waals surface area contributed by atoms with E-state index in [0.717, 1.165) is 41.3 Å². The first kappa shape index (κ1) is 16.3. The van der Waals surface area contributed by atoms with Gasteiger partial charge in [-0.15, -0.1) is 21.5 Å². The molecule has 1 fully saturated rings. The molecule has 1 N–H and O–H groups in total. The molecule has 0 unspecified atom stereocenters. The lowest BCUT2D eigenvalue weighted by molar-refractivity contribution is 0.931. The second-order valence-corrected chi connectivity index (χ2v) is 7.88. The average molecular weight is 376 g/mol. The van der Waals surface area contributed by atoms with Gasteiger partial charge in [0.15, 0.2) is 5.65 Å². The van der Waals surface area contributed by atoms with Crippen molar-refractivity contribution in [2.45, 2.75) is 19.8 Å². The fraction of sp³-hybridized carbons (Fsp3) is 0.250. The highest BCUT2D eigenvalue weighted by molar-refractivity contribution is 7.17. The molecule has 0 aromatic carbocycles. The van der Waals surface area contributed by atoms with Crippen molar-refractivity contribution in [1.29, 1.82) is 0 Å². The number of aromatic nitrogens is 5. The molecule has 27 heavy (non-hydrogen) atoms. The molecule has 1 aliphatic heterocycles. The standard InChI is InChI=1S/C20H20N6S/c1-13(16-8-9-17(27-16)25-11-5-6-12-25)18-14(2)24-26-19(22-23-20(18)26)15-7-3-4-10-21-15/h3-4,7-10,24H,1,5-6,11-12H2,2H3. The molecular weight excluding hydrogens is 356 g/mol. The summed E-state index contributed by atoms with van der Waals surface area (Å²) >= 11 is 1.80. The third-order valence-corrected chi connectivity index (χ3v) is 6.25.